The molecule has 0 unspecified atom stereocenters. The summed E-state index contributed by atoms with van der Waals surface area (Å²) in [5, 5.41) is 3.30. The van der Waals surface area contributed by atoms with Crippen molar-refractivity contribution in [2.24, 2.45) is 0 Å². The Morgan fingerprint density at radius 3 is 3.00 bits per heavy atom. The lowest BCUT2D eigenvalue weighted by atomic mass is 10.2. The number of nitrogens with two attached hydrogens (primary N) is 1. The van der Waals surface area contributed by atoms with E-state index in [-0.39, 0.29) is 0 Å². The van der Waals surface area contributed by atoms with Gasteiger partial charge in [0.05, 0.1) is 13.2 Å². The normalized spacial score (nSPS) is 10.1. The van der Waals surface area contributed by atoms with Crippen molar-refractivity contribution in [2.45, 2.75) is 13.3 Å². The van der Waals surface area contributed by atoms with Gasteiger partial charge in [0.1, 0.15) is 0 Å². The average molecular weight is 220 g/mol. The van der Waals surface area contributed by atoms with Gasteiger partial charge in [0, 0.05) is 17.9 Å². The van der Waals surface area contributed by atoms with E-state index >= 15 is 0 Å². The van der Waals surface area contributed by atoms with Gasteiger partial charge in [0.15, 0.2) is 0 Å². The van der Waals surface area contributed by atoms with Crippen LogP contribution in [0.4, 0.5) is 11.4 Å². The molecule has 0 fully saturated rings. The second kappa shape index (κ2) is 6.90. The summed E-state index contributed by atoms with van der Waals surface area (Å²) in [6.07, 6.45) is 2.76. The molecule has 0 radical (unpaired) electrons. The molecule has 0 saturated carbocycles. The summed E-state index contributed by atoms with van der Waals surface area (Å²) < 4.78 is 5.40. The molecule has 0 aliphatic rings. The third kappa shape index (κ3) is 4.36. The summed E-state index contributed by atoms with van der Waals surface area (Å²) in [6.45, 7) is 7.92. The van der Waals surface area contributed by atoms with Crippen LogP contribution in [-0.4, -0.2) is 19.8 Å². The van der Waals surface area contributed by atoms with Gasteiger partial charge in [-0.15, -0.1) is 6.58 Å². The van der Waals surface area contributed by atoms with Crippen LogP contribution in [0.3, 0.4) is 0 Å². The Bertz CT molecular complexity index is 337. The van der Waals surface area contributed by atoms with Gasteiger partial charge < -0.3 is 15.8 Å². The molecule has 0 spiro atoms. The molecule has 16 heavy (non-hydrogen) atoms. The number of nitrogens with one attached hydrogen (secondary N) is 1. The maximum absolute atomic E-state index is 5.72. The van der Waals surface area contributed by atoms with Gasteiger partial charge in [-0.05, 0) is 31.0 Å². The predicted molar refractivity (Wildman–Crippen MR) is 69.7 cm³/mol. The molecule has 88 valence electrons. The van der Waals surface area contributed by atoms with Crippen LogP contribution in [0.25, 0.3) is 0 Å². The van der Waals surface area contributed by atoms with E-state index < -0.39 is 0 Å². The van der Waals surface area contributed by atoms with Crippen LogP contribution >= 0.6 is 0 Å². The van der Waals surface area contributed by atoms with E-state index in [1.807, 2.05) is 24.3 Å². The van der Waals surface area contributed by atoms with Crippen LogP contribution in [0.1, 0.15) is 12.0 Å². The van der Waals surface area contributed by atoms with Gasteiger partial charge in [-0.1, -0.05) is 12.1 Å². The molecule has 0 amide bonds. The minimum absolute atomic E-state index is 0.697. The molecule has 0 heterocycles. The van der Waals surface area contributed by atoms with Crippen molar-refractivity contribution in [3.63, 3.8) is 0 Å². The van der Waals surface area contributed by atoms with Crippen LogP contribution in [0, 0.1) is 6.92 Å². The molecular formula is C13H20N2O. The number of aryl methyl sites for hydroxylation is 1. The summed E-state index contributed by atoms with van der Waals surface area (Å²) in [6, 6.07) is 5.86. The summed E-state index contributed by atoms with van der Waals surface area (Å²) in [5.41, 5.74) is 8.76. The van der Waals surface area contributed by atoms with E-state index in [0.717, 1.165) is 30.9 Å². The predicted octanol–water partition coefficient (Wildman–Crippen LogP) is 2.58. The van der Waals surface area contributed by atoms with Crippen LogP contribution in [-0.2, 0) is 4.74 Å². The standard InChI is InChI=1S/C13H20N2O/c1-3-4-8-16-9-7-15-13-10-12(14)6-5-11(13)2/h3,5-6,10,15H,1,4,7-9,14H2,2H3. The van der Waals surface area contributed by atoms with E-state index in [4.69, 9.17) is 10.5 Å². The highest BCUT2D eigenvalue weighted by Gasteiger charge is 1.97. The molecule has 0 aliphatic heterocycles. The van der Waals surface area contributed by atoms with Crippen molar-refractivity contribution in [2.75, 3.05) is 30.8 Å². The summed E-state index contributed by atoms with van der Waals surface area (Å²) >= 11 is 0. The molecule has 3 nitrogen and oxygen atoms in total. The maximum atomic E-state index is 5.72. The maximum Gasteiger partial charge on any atom is 0.0639 e. The summed E-state index contributed by atoms with van der Waals surface area (Å²) in [7, 11) is 0. The fraction of sp³-hybridized carbons (Fsp3) is 0.385. The molecule has 0 bridgehead atoms. The zero-order valence-electron chi connectivity index (χ0n) is 9.83. The third-order valence-electron chi connectivity index (χ3n) is 2.29. The average Bonchev–Trinajstić information content (AvgIpc) is 2.28. The van der Waals surface area contributed by atoms with Gasteiger partial charge in [-0.2, -0.15) is 0 Å². The zero-order valence-corrected chi connectivity index (χ0v) is 9.83. The van der Waals surface area contributed by atoms with E-state index in [0.29, 0.717) is 6.61 Å². The van der Waals surface area contributed by atoms with E-state index in [1.54, 1.807) is 0 Å². The van der Waals surface area contributed by atoms with Crippen LogP contribution < -0.4 is 11.1 Å². The lowest BCUT2D eigenvalue weighted by Gasteiger charge is -2.10. The quantitative estimate of drug-likeness (QED) is 0.422. The first-order chi connectivity index (χ1) is 7.74. The largest absolute Gasteiger partial charge is 0.399 e. The monoisotopic (exact) mass is 220 g/mol. The van der Waals surface area contributed by atoms with Gasteiger partial charge in [-0.3, -0.25) is 0 Å². The van der Waals surface area contributed by atoms with Gasteiger partial charge in [0.2, 0.25) is 0 Å². The topological polar surface area (TPSA) is 47.3 Å². The highest BCUT2D eigenvalue weighted by atomic mass is 16.5. The second-order valence-corrected chi connectivity index (χ2v) is 3.69. The molecule has 1 aromatic rings. The van der Waals surface area contributed by atoms with E-state index in [9.17, 15) is 0 Å². The number of hydrogen-bond acceptors (Lipinski definition) is 3. The van der Waals surface area contributed by atoms with Crippen molar-refractivity contribution in [1.82, 2.24) is 0 Å². The fourth-order valence-electron chi connectivity index (χ4n) is 1.36. The number of hydrogen-bond donors (Lipinski definition) is 2. The third-order valence-corrected chi connectivity index (χ3v) is 2.29. The molecule has 3 N–H and O–H groups in total. The summed E-state index contributed by atoms with van der Waals surface area (Å²) in [5.74, 6) is 0. The van der Waals surface area contributed by atoms with Crippen molar-refractivity contribution in [3.05, 3.63) is 36.4 Å². The molecule has 0 saturated heterocycles. The number of ether oxygens (including phenoxy) is 1. The first-order valence-electron chi connectivity index (χ1n) is 5.52. The molecule has 3 heteroatoms. The van der Waals surface area contributed by atoms with Crippen molar-refractivity contribution >= 4 is 11.4 Å². The lowest BCUT2D eigenvalue weighted by molar-refractivity contribution is 0.149. The minimum Gasteiger partial charge on any atom is -0.399 e. The van der Waals surface area contributed by atoms with Crippen molar-refractivity contribution < 1.29 is 4.74 Å². The van der Waals surface area contributed by atoms with Gasteiger partial charge in [0.25, 0.3) is 0 Å². The lowest BCUT2D eigenvalue weighted by Crippen LogP contribution is -2.10. The molecule has 1 rings (SSSR count). The first-order valence-corrected chi connectivity index (χ1v) is 5.52. The van der Waals surface area contributed by atoms with Gasteiger partial charge >= 0.3 is 0 Å². The highest BCUT2D eigenvalue weighted by Crippen LogP contribution is 2.17. The first kappa shape index (κ1) is 12.6. The number of nitrogen functional groups attached to an aromatic ring is 1. The number of benzene rings is 1. The Labute approximate surface area is 97.3 Å². The van der Waals surface area contributed by atoms with Crippen LogP contribution in [0.15, 0.2) is 30.9 Å². The second-order valence-electron chi connectivity index (χ2n) is 3.69. The molecule has 0 atom stereocenters. The Morgan fingerprint density at radius 2 is 2.25 bits per heavy atom. The Kier molecular flexibility index (Phi) is 5.43. The zero-order chi connectivity index (χ0) is 11.8. The Morgan fingerprint density at radius 1 is 1.44 bits per heavy atom. The van der Waals surface area contributed by atoms with Crippen LogP contribution in [0.2, 0.25) is 0 Å². The number of anilines is 2. The van der Waals surface area contributed by atoms with E-state index in [2.05, 4.69) is 18.8 Å². The summed E-state index contributed by atoms with van der Waals surface area (Å²) in [4.78, 5) is 0. The minimum atomic E-state index is 0.697. The highest BCUT2D eigenvalue weighted by molar-refractivity contribution is 5.59. The fourth-order valence-corrected chi connectivity index (χ4v) is 1.36. The smallest absolute Gasteiger partial charge is 0.0639 e. The molecule has 0 aliphatic carbocycles. The van der Waals surface area contributed by atoms with Crippen molar-refractivity contribution in [3.8, 4) is 0 Å². The molecule has 1 aromatic carbocycles. The Balaban J connectivity index is 2.26. The molecular weight excluding hydrogens is 200 g/mol. The van der Waals surface area contributed by atoms with Crippen molar-refractivity contribution in [1.29, 1.82) is 0 Å². The molecule has 0 aromatic heterocycles. The van der Waals surface area contributed by atoms with Crippen LogP contribution in [0.5, 0.6) is 0 Å². The van der Waals surface area contributed by atoms with Gasteiger partial charge in [-0.25, -0.2) is 0 Å². The Hall–Kier alpha value is -1.48. The SMILES string of the molecule is C=CCCOCCNc1cc(N)ccc1C. The van der Waals surface area contributed by atoms with E-state index in [1.165, 1.54) is 5.56 Å². The number of rotatable bonds is 7.